The van der Waals surface area contributed by atoms with Crippen molar-refractivity contribution in [2.24, 2.45) is 11.8 Å². The number of benzene rings is 2. The molecule has 2 aliphatic carbocycles. The molecule has 0 radical (unpaired) electrons. The van der Waals surface area contributed by atoms with Gasteiger partial charge in [-0.25, -0.2) is 26.3 Å². The standard InChI is InChI=1S/C31H40ClN3O6S2/c1-42(37,38)33-27-7-3-2-4-15-43(39,40)34-30(36)22-9-13-29-28(17-22)35(18-23-8-11-25(23)27)19-31(20-41-29)14-5-6-21-16-24(32)10-12-26(21)31/h9-10,12-13,16-17,23,25,27,33H,2-8,11,14-15,18-20H2,1H3,(H,34,36)/t23-,25+,27-,31-/m0/s1. The lowest BCUT2D eigenvalue weighted by atomic mass is 9.67. The average molecular weight is 650 g/mol. The number of sulfonamides is 2. The molecule has 1 saturated carbocycles. The molecular formula is C31H40ClN3O6S2. The van der Waals surface area contributed by atoms with Crippen LogP contribution in [-0.4, -0.2) is 60.5 Å². The number of nitrogens with zero attached hydrogens (tertiary/aromatic N) is 1. The SMILES string of the molecule is CS(=O)(=O)N[C@H]1CCCCCS(=O)(=O)NC(=O)c2ccc3c(c2)N(C[C@@H]2CC[C@H]21)C[C@@]1(CCCc2cc(Cl)ccc21)CO3. The highest BCUT2D eigenvalue weighted by atomic mass is 35.5. The van der Waals surface area contributed by atoms with Gasteiger partial charge in [0.25, 0.3) is 5.91 Å². The van der Waals surface area contributed by atoms with Gasteiger partial charge in [0.15, 0.2) is 0 Å². The first-order valence-electron chi connectivity index (χ1n) is 15.2. The van der Waals surface area contributed by atoms with Crippen LogP contribution in [0.15, 0.2) is 36.4 Å². The van der Waals surface area contributed by atoms with Gasteiger partial charge in [0, 0.05) is 35.1 Å². The maximum absolute atomic E-state index is 13.2. The van der Waals surface area contributed by atoms with Crippen LogP contribution in [0.1, 0.15) is 72.9 Å². The Bertz CT molecular complexity index is 1620. The van der Waals surface area contributed by atoms with Gasteiger partial charge in [0.1, 0.15) is 5.75 Å². The Morgan fingerprint density at radius 2 is 1.91 bits per heavy atom. The summed E-state index contributed by atoms with van der Waals surface area (Å²) in [6.07, 6.45) is 8.36. The third-order valence-corrected chi connectivity index (χ3v) is 12.1. The molecule has 234 valence electrons. The smallest absolute Gasteiger partial charge is 0.264 e. The molecule has 2 aromatic carbocycles. The van der Waals surface area contributed by atoms with E-state index >= 15 is 0 Å². The van der Waals surface area contributed by atoms with E-state index in [1.807, 2.05) is 6.07 Å². The number of hydrogen-bond acceptors (Lipinski definition) is 7. The minimum Gasteiger partial charge on any atom is -0.490 e. The Kier molecular flexibility index (Phi) is 8.47. The second kappa shape index (κ2) is 11.9. The van der Waals surface area contributed by atoms with Crippen LogP contribution in [0.2, 0.25) is 5.02 Å². The largest absolute Gasteiger partial charge is 0.490 e. The summed E-state index contributed by atoms with van der Waals surface area (Å²) < 4.78 is 61.9. The molecule has 9 nitrogen and oxygen atoms in total. The van der Waals surface area contributed by atoms with Crippen molar-refractivity contribution in [3.8, 4) is 5.75 Å². The van der Waals surface area contributed by atoms with Gasteiger partial charge in [0.05, 0.1) is 24.3 Å². The van der Waals surface area contributed by atoms with Crippen LogP contribution in [-0.2, 0) is 31.9 Å². The number of carbonyl (C=O) groups excluding carboxylic acids is 1. The van der Waals surface area contributed by atoms with Crippen LogP contribution in [0.3, 0.4) is 0 Å². The molecule has 1 amide bonds. The quantitative estimate of drug-likeness (QED) is 0.495. The molecular weight excluding hydrogens is 610 g/mol. The fourth-order valence-electron chi connectivity index (χ4n) is 7.61. The molecule has 0 saturated heterocycles. The van der Waals surface area contributed by atoms with E-state index in [1.165, 1.54) is 17.4 Å². The summed E-state index contributed by atoms with van der Waals surface area (Å²) in [4.78, 5) is 15.5. The lowest BCUT2D eigenvalue weighted by molar-refractivity contribution is 0.0981. The number of nitrogens with one attached hydrogen (secondary N) is 2. The van der Waals surface area contributed by atoms with Crippen LogP contribution in [0.25, 0.3) is 0 Å². The zero-order valence-electron chi connectivity index (χ0n) is 24.5. The number of hydrogen-bond donors (Lipinski definition) is 2. The summed E-state index contributed by atoms with van der Waals surface area (Å²) >= 11 is 6.39. The molecule has 2 N–H and O–H groups in total. The molecule has 4 aliphatic rings. The van der Waals surface area contributed by atoms with Gasteiger partial charge in [-0.1, -0.05) is 30.5 Å². The summed E-state index contributed by atoms with van der Waals surface area (Å²) in [5.41, 5.74) is 3.18. The van der Waals surface area contributed by atoms with E-state index in [4.69, 9.17) is 16.3 Å². The zero-order valence-corrected chi connectivity index (χ0v) is 26.9. The van der Waals surface area contributed by atoms with E-state index < -0.39 is 26.0 Å². The fraction of sp³-hybridized carbons (Fsp3) is 0.581. The third-order valence-electron chi connectivity index (χ3n) is 9.79. The van der Waals surface area contributed by atoms with Crippen molar-refractivity contribution in [2.75, 3.05) is 36.6 Å². The Balaban J connectivity index is 1.41. The Labute approximate surface area is 259 Å². The second-order valence-corrected chi connectivity index (χ2v) is 16.9. The predicted molar refractivity (Wildman–Crippen MR) is 168 cm³/mol. The Morgan fingerprint density at radius 1 is 1.07 bits per heavy atom. The molecule has 1 spiro atoms. The molecule has 1 fully saturated rings. The number of carbonyl (C=O) groups is 1. The van der Waals surface area contributed by atoms with Crippen molar-refractivity contribution in [3.63, 3.8) is 0 Å². The summed E-state index contributed by atoms with van der Waals surface area (Å²) in [5, 5.41) is 0.714. The number of halogens is 1. The van der Waals surface area contributed by atoms with Crippen molar-refractivity contribution in [2.45, 2.75) is 69.2 Å². The van der Waals surface area contributed by atoms with Crippen molar-refractivity contribution in [1.29, 1.82) is 0 Å². The van der Waals surface area contributed by atoms with E-state index in [2.05, 4.69) is 26.5 Å². The average Bonchev–Trinajstić information content (AvgIpc) is 3.06. The van der Waals surface area contributed by atoms with Crippen molar-refractivity contribution in [1.82, 2.24) is 9.44 Å². The van der Waals surface area contributed by atoms with Gasteiger partial charge in [0.2, 0.25) is 20.0 Å². The van der Waals surface area contributed by atoms with Crippen molar-refractivity contribution >= 4 is 43.2 Å². The van der Waals surface area contributed by atoms with E-state index in [0.717, 1.165) is 37.8 Å². The molecule has 6 rings (SSSR count). The topological polar surface area (TPSA) is 122 Å². The van der Waals surface area contributed by atoms with Crippen molar-refractivity contribution < 1.29 is 26.4 Å². The van der Waals surface area contributed by atoms with Gasteiger partial charge < -0.3 is 9.64 Å². The maximum atomic E-state index is 13.2. The highest BCUT2D eigenvalue weighted by Crippen LogP contribution is 2.47. The Hall–Kier alpha value is -2.34. The monoisotopic (exact) mass is 649 g/mol. The summed E-state index contributed by atoms with van der Waals surface area (Å²) in [7, 11) is -7.25. The number of anilines is 1. The Morgan fingerprint density at radius 3 is 2.67 bits per heavy atom. The zero-order chi connectivity index (χ0) is 30.4. The van der Waals surface area contributed by atoms with E-state index in [9.17, 15) is 21.6 Å². The summed E-state index contributed by atoms with van der Waals surface area (Å²) in [6, 6.07) is 11.0. The minimum atomic E-state index is -3.83. The molecule has 0 aromatic heterocycles. The first-order valence-corrected chi connectivity index (χ1v) is 19.2. The minimum absolute atomic E-state index is 0.166. The molecule has 2 aliphatic heterocycles. The van der Waals surface area contributed by atoms with Gasteiger partial charge in [-0.3, -0.25) is 4.79 Å². The van der Waals surface area contributed by atoms with Crippen LogP contribution in [0, 0.1) is 11.8 Å². The van der Waals surface area contributed by atoms with Crippen LogP contribution < -0.4 is 19.1 Å². The highest BCUT2D eigenvalue weighted by Gasteiger charge is 2.44. The fourth-order valence-corrected chi connectivity index (χ4v) is 9.73. The van der Waals surface area contributed by atoms with E-state index in [-0.39, 0.29) is 34.6 Å². The van der Waals surface area contributed by atoms with E-state index in [1.54, 1.807) is 18.2 Å². The van der Waals surface area contributed by atoms with E-state index in [0.29, 0.717) is 56.2 Å². The number of aryl methyl sites for hydroxylation is 1. The lowest BCUT2D eigenvalue weighted by Crippen LogP contribution is -2.52. The number of rotatable bonds is 2. The molecule has 12 heteroatoms. The van der Waals surface area contributed by atoms with Crippen LogP contribution in [0.4, 0.5) is 5.69 Å². The van der Waals surface area contributed by atoms with Gasteiger partial charge in [-0.15, -0.1) is 0 Å². The highest BCUT2D eigenvalue weighted by molar-refractivity contribution is 7.90. The molecule has 4 atom stereocenters. The predicted octanol–water partition coefficient (Wildman–Crippen LogP) is 4.39. The molecule has 43 heavy (non-hydrogen) atoms. The first-order chi connectivity index (χ1) is 20.4. The van der Waals surface area contributed by atoms with Gasteiger partial charge in [-0.05, 0) is 98.2 Å². The molecule has 2 heterocycles. The normalized spacial score (nSPS) is 29.3. The van der Waals surface area contributed by atoms with Gasteiger partial charge in [-0.2, -0.15) is 0 Å². The van der Waals surface area contributed by atoms with Gasteiger partial charge >= 0.3 is 0 Å². The second-order valence-electron chi connectivity index (χ2n) is 12.9. The first kappa shape index (κ1) is 30.7. The van der Waals surface area contributed by atoms with Crippen LogP contribution in [0.5, 0.6) is 5.75 Å². The summed E-state index contributed by atoms with van der Waals surface area (Å²) in [6.45, 7) is 1.81. The summed E-state index contributed by atoms with van der Waals surface area (Å²) in [5.74, 6) is 0.256. The maximum Gasteiger partial charge on any atom is 0.264 e. The van der Waals surface area contributed by atoms with Crippen molar-refractivity contribution in [3.05, 3.63) is 58.1 Å². The molecule has 0 unspecified atom stereocenters. The van der Waals surface area contributed by atoms with Crippen LogP contribution >= 0.6 is 11.6 Å². The molecule has 2 bridgehead atoms. The number of fused-ring (bicyclic) bond motifs is 4. The lowest BCUT2D eigenvalue weighted by Gasteiger charge is -2.46. The number of ether oxygens (including phenoxy) is 1. The number of amides is 1. The third kappa shape index (κ3) is 6.70. The molecule has 2 aromatic rings.